The van der Waals surface area contributed by atoms with Gasteiger partial charge >= 0.3 is 5.97 Å². The topological polar surface area (TPSA) is 54.0 Å². The number of rotatable bonds is 4. The molecule has 2 heterocycles. The number of ether oxygens (including phenoxy) is 4. The Hall–Kier alpha value is -2.79. The lowest BCUT2D eigenvalue weighted by atomic mass is 9.56. The van der Waals surface area contributed by atoms with Crippen molar-refractivity contribution >= 4 is 5.97 Å². The van der Waals surface area contributed by atoms with Crippen molar-refractivity contribution in [1.82, 2.24) is 0 Å². The maximum Gasteiger partial charge on any atom is 0.338 e. The summed E-state index contributed by atoms with van der Waals surface area (Å²) in [5, 5.41) is 0. The van der Waals surface area contributed by atoms with E-state index in [0.29, 0.717) is 24.7 Å². The molecule has 5 atom stereocenters. The lowest BCUT2D eigenvalue weighted by Crippen LogP contribution is -2.54. The zero-order valence-corrected chi connectivity index (χ0v) is 18.2. The summed E-state index contributed by atoms with van der Waals surface area (Å²) in [4.78, 5) is 12.6. The fourth-order valence-electron chi connectivity index (χ4n) is 5.51. The van der Waals surface area contributed by atoms with Gasteiger partial charge in [-0.15, -0.1) is 0 Å². The molecule has 5 heteroatoms. The average molecular weight is 421 g/mol. The third kappa shape index (κ3) is 3.32. The van der Waals surface area contributed by atoms with Crippen LogP contribution in [0.1, 0.15) is 42.8 Å². The molecule has 1 aliphatic carbocycles. The van der Waals surface area contributed by atoms with Gasteiger partial charge in [0.25, 0.3) is 0 Å². The van der Waals surface area contributed by atoms with Gasteiger partial charge in [-0.25, -0.2) is 4.79 Å². The predicted molar refractivity (Wildman–Crippen MR) is 116 cm³/mol. The Balaban J connectivity index is 1.40. The first-order chi connectivity index (χ1) is 15.0. The lowest BCUT2D eigenvalue weighted by molar-refractivity contribution is -0.166. The quantitative estimate of drug-likeness (QED) is 0.504. The van der Waals surface area contributed by atoms with Crippen molar-refractivity contribution in [3.05, 3.63) is 71.3 Å². The van der Waals surface area contributed by atoms with E-state index >= 15 is 0 Å². The zero-order valence-electron chi connectivity index (χ0n) is 18.2. The van der Waals surface area contributed by atoms with Gasteiger partial charge < -0.3 is 18.9 Å². The maximum atomic E-state index is 12.6. The van der Waals surface area contributed by atoms with E-state index in [1.807, 2.05) is 30.3 Å². The van der Waals surface area contributed by atoms with Crippen LogP contribution in [0.3, 0.4) is 0 Å². The minimum absolute atomic E-state index is 0.0637. The monoisotopic (exact) mass is 420 g/mol. The Labute approximate surface area is 183 Å². The Bertz CT molecular complexity index is 1010. The predicted octanol–water partition coefficient (Wildman–Crippen LogP) is 5.18. The van der Waals surface area contributed by atoms with Crippen molar-refractivity contribution in [3.8, 4) is 11.5 Å². The second kappa shape index (κ2) is 7.72. The Morgan fingerprint density at radius 2 is 1.87 bits per heavy atom. The highest BCUT2D eigenvalue weighted by molar-refractivity contribution is 5.89. The van der Waals surface area contributed by atoms with Crippen molar-refractivity contribution in [2.45, 2.75) is 26.9 Å². The SMILES string of the molecule is CC1=C[C@H](C)[C@@]2(COC(=O)c3ccccc3)CO[C@@H](c3ccc4c(c3)OCO4)[C@@H]1[C@@H]2C. The van der Waals surface area contributed by atoms with Crippen LogP contribution in [0, 0.1) is 23.2 Å². The van der Waals surface area contributed by atoms with Gasteiger partial charge in [-0.3, -0.25) is 0 Å². The van der Waals surface area contributed by atoms with Gasteiger partial charge in [-0.05, 0) is 48.6 Å². The second-order valence-corrected chi connectivity index (χ2v) is 9.03. The van der Waals surface area contributed by atoms with E-state index in [-0.39, 0.29) is 36.1 Å². The second-order valence-electron chi connectivity index (χ2n) is 9.03. The maximum absolute atomic E-state index is 12.6. The minimum Gasteiger partial charge on any atom is -0.461 e. The molecule has 5 rings (SSSR count). The third-order valence-electron chi connectivity index (χ3n) is 7.46. The molecule has 0 amide bonds. The van der Waals surface area contributed by atoms with Crippen LogP contribution in [0.4, 0.5) is 0 Å². The molecule has 0 radical (unpaired) electrons. The van der Waals surface area contributed by atoms with Gasteiger partial charge in [-0.2, -0.15) is 0 Å². The van der Waals surface area contributed by atoms with E-state index in [0.717, 1.165) is 17.1 Å². The first-order valence-electron chi connectivity index (χ1n) is 10.9. The summed E-state index contributed by atoms with van der Waals surface area (Å²) < 4.78 is 23.4. The molecular weight excluding hydrogens is 392 g/mol. The first kappa shape index (κ1) is 20.1. The van der Waals surface area contributed by atoms with E-state index in [2.05, 4.69) is 32.9 Å². The molecule has 2 aromatic rings. The van der Waals surface area contributed by atoms with Crippen LogP contribution in [0.2, 0.25) is 0 Å². The van der Waals surface area contributed by atoms with Gasteiger partial charge in [0.15, 0.2) is 11.5 Å². The molecule has 0 unspecified atom stereocenters. The van der Waals surface area contributed by atoms with Crippen LogP contribution in [-0.2, 0) is 9.47 Å². The molecule has 31 heavy (non-hydrogen) atoms. The van der Waals surface area contributed by atoms with Gasteiger partial charge in [0, 0.05) is 11.3 Å². The van der Waals surface area contributed by atoms with Crippen LogP contribution in [0.15, 0.2) is 60.2 Å². The summed E-state index contributed by atoms with van der Waals surface area (Å²) in [7, 11) is 0. The van der Waals surface area contributed by atoms with Crippen molar-refractivity contribution in [3.63, 3.8) is 0 Å². The molecular formula is C26H28O5. The molecule has 2 aliphatic heterocycles. The average Bonchev–Trinajstić information content (AvgIpc) is 3.25. The van der Waals surface area contributed by atoms with Gasteiger partial charge in [-0.1, -0.05) is 49.8 Å². The number of fused-ring (bicyclic) bond motifs is 3. The van der Waals surface area contributed by atoms with Crippen molar-refractivity contribution in [2.24, 2.45) is 23.2 Å². The number of allylic oxidation sites excluding steroid dienone is 1. The van der Waals surface area contributed by atoms with Crippen LogP contribution < -0.4 is 9.47 Å². The molecule has 0 saturated carbocycles. The highest BCUT2D eigenvalue weighted by Crippen LogP contribution is 2.56. The van der Waals surface area contributed by atoms with Crippen LogP contribution in [-0.4, -0.2) is 26.0 Å². The van der Waals surface area contributed by atoms with Crippen LogP contribution in [0.5, 0.6) is 11.5 Å². The molecule has 3 aliphatic rings. The Morgan fingerprint density at radius 1 is 1.10 bits per heavy atom. The Morgan fingerprint density at radius 3 is 2.68 bits per heavy atom. The fraction of sp³-hybridized carbons (Fsp3) is 0.423. The summed E-state index contributed by atoms with van der Waals surface area (Å²) in [6, 6.07) is 15.2. The van der Waals surface area contributed by atoms with E-state index < -0.39 is 0 Å². The normalized spacial score (nSPS) is 31.1. The molecule has 0 N–H and O–H groups in total. The molecule has 0 aromatic heterocycles. The van der Waals surface area contributed by atoms with E-state index in [1.165, 1.54) is 5.57 Å². The number of carbonyl (C=O) groups is 1. The van der Waals surface area contributed by atoms with Crippen molar-refractivity contribution in [1.29, 1.82) is 0 Å². The summed E-state index contributed by atoms with van der Waals surface area (Å²) in [6.45, 7) is 7.81. The highest BCUT2D eigenvalue weighted by Gasteiger charge is 2.54. The standard InChI is InChI=1S/C26H28O5/c1-16-11-17(2)26(14-29-25(27)19-7-5-4-6-8-19)13-28-24(23(16)18(26)3)20-9-10-21-22(12-20)31-15-30-21/h4-12,17-18,23-24H,13-15H2,1-3H3/t17-,18-,23-,24-,26-/m0/s1. The molecule has 5 nitrogen and oxygen atoms in total. The number of hydrogen-bond donors (Lipinski definition) is 0. The Kier molecular flexibility index (Phi) is 5.01. The number of hydrogen-bond acceptors (Lipinski definition) is 5. The molecule has 2 aromatic carbocycles. The van der Waals surface area contributed by atoms with E-state index in [1.54, 1.807) is 12.1 Å². The largest absolute Gasteiger partial charge is 0.461 e. The molecule has 2 bridgehead atoms. The molecule has 0 spiro atoms. The lowest BCUT2D eigenvalue weighted by Gasteiger charge is -2.55. The summed E-state index contributed by atoms with van der Waals surface area (Å²) in [5.74, 6) is 2.02. The summed E-state index contributed by atoms with van der Waals surface area (Å²) in [6.07, 6.45) is 2.27. The van der Waals surface area contributed by atoms with Crippen LogP contribution >= 0.6 is 0 Å². The highest BCUT2D eigenvalue weighted by atomic mass is 16.7. The van der Waals surface area contributed by atoms with Gasteiger partial charge in [0.2, 0.25) is 6.79 Å². The zero-order chi connectivity index (χ0) is 21.6. The first-order valence-corrected chi connectivity index (χ1v) is 10.9. The summed E-state index contributed by atoms with van der Waals surface area (Å²) >= 11 is 0. The van der Waals surface area contributed by atoms with E-state index in [9.17, 15) is 4.79 Å². The fourth-order valence-corrected chi connectivity index (χ4v) is 5.51. The number of carbonyl (C=O) groups excluding carboxylic acids is 1. The van der Waals surface area contributed by atoms with Gasteiger partial charge in [0.1, 0.15) is 6.61 Å². The molecule has 1 saturated heterocycles. The summed E-state index contributed by atoms with van der Waals surface area (Å²) in [5.41, 5.74) is 2.75. The van der Waals surface area contributed by atoms with Gasteiger partial charge in [0.05, 0.1) is 18.3 Å². The van der Waals surface area contributed by atoms with E-state index in [4.69, 9.17) is 18.9 Å². The molecule has 162 valence electrons. The number of benzene rings is 2. The number of esters is 1. The van der Waals surface area contributed by atoms with Crippen molar-refractivity contribution in [2.75, 3.05) is 20.0 Å². The van der Waals surface area contributed by atoms with Crippen molar-refractivity contribution < 1.29 is 23.7 Å². The minimum atomic E-state index is -0.282. The molecule has 1 fully saturated rings. The van der Waals surface area contributed by atoms with Crippen LogP contribution in [0.25, 0.3) is 0 Å². The smallest absolute Gasteiger partial charge is 0.338 e. The third-order valence-corrected chi connectivity index (χ3v) is 7.46.